The fourth-order valence-electron chi connectivity index (χ4n) is 10.2. The summed E-state index contributed by atoms with van der Waals surface area (Å²) in [6.07, 6.45) is 4.35. The van der Waals surface area contributed by atoms with Crippen molar-refractivity contribution in [1.82, 2.24) is 0 Å². The largest absolute Gasteiger partial charge is 0.310 e. The number of hydrogen-bond donors (Lipinski definition) is 0. The maximum atomic E-state index is 2.56. The normalized spacial score (nSPS) is 17.3. The summed E-state index contributed by atoms with van der Waals surface area (Å²) < 4.78 is 0. The van der Waals surface area contributed by atoms with Crippen LogP contribution in [0.3, 0.4) is 0 Å². The minimum absolute atomic E-state index is 0.0435. The highest BCUT2D eigenvalue weighted by molar-refractivity contribution is 5.90. The van der Waals surface area contributed by atoms with Crippen molar-refractivity contribution in [2.24, 2.45) is 0 Å². The monoisotopic (exact) mass is 684 g/mol. The van der Waals surface area contributed by atoms with Crippen LogP contribution in [0, 0.1) is 6.92 Å². The molecule has 3 aliphatic carbocycles. The van der Waals surface area contributed by atoms with Gasteiger partial charge in [-0.25, -0.2) is 0 Å². The maximum Gasteiger partial charge on any atom is 0.0505 e. The first-order valence-corrected chi connectivity index (χ1v) is 19.2. The lowest BCUT2D eigenvalue weighted by Crippen LogP contribution is -2.27. The molecule has 10 rings (SSSR count). The highest BCUT2D eigenvalue weighted by Gasteiger charge is 2.49. The van der Waals surface area contributed by atoms with Crippen LogP contribution in [-0.4, -0.2) is 0 Å². The van der Waals surface area contributed by atoms with Gasteiger partial charge in [0.2, 0.25) is 0 Å². The molecule has 0 aromatic heterocycles. The number of anilines is 6. The van der Waals surface area contributed by atoms with Gasteiger partial charge >= 0.3 is 0 Å². The number of benzene rings is 7. The van der Waals surface area contributed by atoms with E-state index in [0.29, 0.717) is 0 Å². The zero-order valence-electron chi connectivity index (χ0n) is 30.8. The Morgan fingerprint density at radius 2 is 0.943 bits per heavy atom. The lowest BCUT2D eigenvalue weighted by molar-refractivity contribution is 0.508. The van der Waals surface area contributed by atoms with Crippen molar-refractivity contribution in [3.63, 3.8) is 0 Å². The summed E-state index contributed by atoms with van der Waals surface area (Å²) in [5.74, 6) is 0. The highest BCUT2D eigenvalue weighted by Crippen LogP contribution is 2.60. The first-order chi connectivity index (χ1) is 26.0. The van der Waals surface area contributed by atoms with Gasteiger partial charge in [-0.15, -0.1) is 0 Å². The predicted octanol–water partition coefficient (Wildman–Crippen LogP) is 13.4. The first-order valence-electron chi connectivity index (χ1n) is 19.2. The summed E-state index contributed by atoms with van der Waals surface area (Å²) in [5.41, 5.74) is 20.0. The number of nitrogens with zero attached hydrogens (tertiary/aromatic N) is 2. The molecule has 0 bridgehead atoms. The molecule has 1 atom stereocenters. The molecule has 0 unspecified atom stereocenters. The van der Waals surface area contributed by atoms with Crippen LogP contribution in [0.1, 0.15) is 65.6 Å². The van der Waals surface area contributed by atoms with Gasteiger partial charge < -0.3 is 9.80 Å². The molecule has 1 spiro atoms. The Morgan fingerprint density at radius 1 is 0.453 bits per heavy atom. The van der Waals surface area contributed by atoms with Crippen LogP contribution in [0.15, 0.2) is 164 Å². The second-order valence-electron chi connectivity index (χ2n) is 15.7. The van der Waals surface area contributed by atoms with E-state index in [0.717, 1.165) is 25.7 Å². The molecular weight excluding hydrogens is 641 g/mol. The lowest BCUT2D eigenvalue weighted by atomic mass is 9.74. The molecule has 0 saturated carbocycles. The van der Waals surface area contributed by atoms with Gasteiger partial charge in [0.1, 0.15) is 0 Å². The third-order valence-electron chi connectivity index (χ3n) is 12.5. The van der Waals surface area contributed by atoms with Crippen LogP contribution < -0.4 is 9.80 Å². The van der Waals surface area contributed by atoms with Crippen LogP contribution in [0.25, 0.3) is 11.1 Å². The smallest absolute Gasteiger partial charge is 0.0505 e. The molecular formula is C51H44N2. The summed E-state index contributed by atoms with van der Waals surface area (Å²) in [6, 6.07) is 61.0. The molecule has 0 aliphatic heterocycles. The molecule has 0 N–H and O–H groups in total. The standard InChI is InChI=1S/C51H44N2/c1-35-16-13-25-44-47(35)42-34-41(28-29-43(42)50(44,2)3)53(40-23-11-6-12-24-40)46-27-15-18-37-31-33-51(49(37)46)32-30-36-17-14-26-45(48(36)51)52(38-19-7-4-8-20-38)39-21-9-5-10-22-39/h4-29,34H,30-33H2,1-3H3/t51-/m1/s1. The van der Waals surface area contributed by atoms with E-state index >= 15 is 0 Å². The zero-order valence-corrected chi connectivity index (χ0v) is 30.8. The first kappa shape index (κ1) is 31.8. The van der Waals surface area contributed by atoms with Crippen LogP contribution in [0.5, 0.6) is 0 Å². The van der Waals surface area contributed by atoms with Gasteiger partial charge in [0, 0.05) is 33.6 Å². The van der Waals surface area contributed by atoms with Crippen molar-refractivity contribution >= 4 is 34.1 Å². The van der Waals surface area contributed by atoms with Gasteiger partial charge in [-0.05, 0) is 143 Å². The van der Waals surface area contributed by atoms with Crippen LogP contribution in [0.4, 0.5) is 34.1 Å². The van der Waals surface area contributed by atoms with E-state index in [1.807, 2.05) is 0 Å². The summed E-state index contributed by atoms with van der Waals surface area (Å²) in [5, 5.41) is 0. The van der Waals surface area contributed by atoms with Gasteiger partial charge in [-0.3, -0.25) is 0 Å². The lowest BCUT2D eigenvalue weighted by Gasteiger charge is -2.37. The van der Waals surface area contributed by atoms with E-state index in [-0.39, 0.29) is 10.8 Å². The minimum Gasteiger partial charge on any atom is -0.310 e. The van der Waals surface area contributed by atoms with E-state index < -0.39 is 0 Å². The predicted molar refractivity (Wildman–Crippen MR) is 222 cm³/mol. The van der Waals surface area contributed by atoms with E-state index in [4.69, 9.17) is 0 Å². The second kappa shape index (κ2) is 12.1. The Hall–Kier alpha value is -5.86. The van der Waals surface area contributed by atoms with Crippen molar-refractivity contribution in [3.8, 4) is 11.1 Å². The van der Waals surface area contributed by atoms with Crippen molar-refractivity contribution in [2.75, 3.05) is 9.80 Å². The molecule has 0 radical (unpaired) electrons. The molecule has 7 aromatic rings. The van der Waals surface area contributed by atoms with Crippen molar-refractivity contribution in [2.45, 2.75) is 57.3 Å². The van der Waals surface area contributed by atoms with Crippen LogP contribution in [0.2, 0.25) is 0 Å². The molecule has 0 amide bonds. The third kappa shape index (κ3) is 4.78. The molecule has 53 heavy (non-hydrogen) atoms. The molecule has 0 fully saturated rings. The summed E-state index contributed by atoms with van der Waals surface area (Å²) in [4.78, 5) is 5.05. The maximum absolute atomic E-state index is 2.56. The van der Waals surface area contributed by atoms with E-state index in [2.05, 4.69) is 194 Å². The Labute approximate surface area is 314 Å². The fourth-order valence-corrected chi connectivity index (χ4v) is 10.2. The summed E-state index contributed by atoms with van der Waals surface area (Å²) in [6.45, 7) is 7.02. The number of aryl methyl sites for hydroxylation is 3. The Morgan fingerprint density at radius 3 is 1.47 bits per heavy atom. The van der Waals surface area contributed by atoms with E-state index in [1.165, 1.54) is 84.2 Å². The van der Waals surface area contributed by atoms with Gasteiger partial charge in [-0.1, -0.05) is 117 Å². The van der Waals surface area contributed by atoms with Crippen LogP contribution >= 0.6 is 0 Å². The molecule has 2 heteroatoms. The Balaban J connectivity index is 1.20. The molecule has 3 aliphatic rings. The average molecular weight is 685 g/mol. The van der Waals surface area contributed by atoms with Crippen molar-refractivity contribution < 1.29 is 0 Å². The number of rotatable bonds is 6. The minimum atomic E-state index is -0.116. The Kier molecular flexibility index (Phi) is 7.27. The molecule has 0 heterocycles. The number of hydrogen-bond acceptors (Lipinski definition) is 2. The fraction of sp³-hybridized carbons (Fsp3) is 0.176. The van der Waals surface area contributed by atoms with Gasteiger partial charge in [0.25, 0.3) is 0 Å². The topological polar surface area (TPSA) is 6.48 Å². The zero-order chi connectivity index (χ0) is 35.7. The average Bonchev–Trinajstić information content (AvgIpc) is 3.84. The van der Waals surface area contributed by atoms with Gasteiger partial charge in [-0.2, -0.15) is 0 Å². The second-order valence-corrected chi connectivity index (χ2v) is 15.7. The van der Waals surface area contributed by atoms with Crippen LogP contribution in [-0.2, 0) is 23.7 Å². The van der Waals surface area contributed by atoms with Crippen molar-refractivity contribution in [3.05, 3.63) is 203 Å². The quantitative estimate of drug-likeness (QED) is 0.172. The Bertz CT molecular complexity index is 2460. The third-order valence-corrected chi connectivity index (χ3v) is 12.5. The molecule has 7 aromatic carbocycles. The SMILES string of the molecule is Cc1cccc2c1-c1cc(N(c3ccccc3)c3cccc4c3[C@]3(CCc5cccc(N(c6ccccc6)c6ccccc6)c53)CC4)ccc1C2(C)C. The van der Waals surface area contributed by atoms with Gasteiger partial charge in [0.05, 0.1) is 11.4 Å². The summed E-state index contributed by atoms with van der Waals surface area (Å²) >= 11 is 0. The molecule has 258 valence electrons. The highest BCUT2D eigenvalue weighted by atomic mass is 15.2. The molecule has 2 nitrogen and oxygen atoms in total. The van der Waals surface area contributed by atoms with E-state index in [9.17, 15) is 0 Å². The van der Waals surface area contributed by atoms with Gasteiger partial charge in [0.15, 0.2) is 0 Å². The summed E-state index contributed by atoms with van der Waals surface area (Å²) in [7, 11) is 0. The number of para-hydroxylation sites is 3. The van der Waals surface area contributed by atoms with Crippen molar-refractivity contribution in [1.29, 1.82) is 0 Å². The molecule has 0 saturated heterocycles. The van der Waals surface area contributed by atoms with E-state index in [1.54, 1.807) is 0 Å². The number of fused-ring (bicyclic) bond motifs is 7.